The van der Waals surface area contributed by atoms with E-state index in [1.54, 1.807) is 11.3 Å². The van der Waals surface area contributed by atoms with Crippen molar-refractivity contribution < 1.29 is 0 Å². The Hall–Kier alpha value is -2.30. The van der Waals surface area contributed by atoms with Gasteiger partial charge in [0.25, 0.3) is 0 Å². The van der Waals surface area contributed by atoms with Crippen molar-refractivity contribution in [1.29, 1.82) is 0 Å². The topological polar surface area (TPSA) is 27.3 Å². The number of hydrogen-bond acceptors (Lipinski definition) is 4. The van der Waals surface area contributed by atoms with Gasteiger partial charge in [-0.2, -0.15) is 0 Å². The van der Waals surface area contributed by atoms with Gasteiger partial charge in [0, 0.05) is 28.4 Å². The van der Waals surface area contributed by atoms with Crippen LogP contribution < -0.4 is 10.6 Å². The zero-order valence-electron chi connectivity index (χ0n) is 23.3. The quantitative estimate of drug-likeness (QED) is 0.261. The highest BCUT2D eigenvalue weighted by atomic mass is 32.1. The summed E-state index contributed by atoms with van der Waals surface area (Å²) in [7, 11) is 2.04. The molecule has 36 heavy (non-hydrogen) atoms. The molecule has 0 amide bonds. The first kappa shape index (κ1) is 26.8. The maximum absolute atomic E-state index is 4.63. The molecule has 3 nitrogen and oxygen atoms in total. The largest absolute Gasteiger partial charge is 0.361 e. The van der Waals surface area contributed by atoms with E-state index in [-0.39, 0.29) is 6.17 Å². The zero-order valence-corrected chi connectivity index (χ0v) is 24.1. The standard InChI is InChI=1S/C32H45N3S/c1-20(2)18-22(4)31(33-8)34-32-30(23(5)25(7)36-32)24(6)26-12-14-28(15-13-26)35-17-9-10-27-19-21(3)11-16-29(27)35/h12,14,19,22,31,33-34H,1,6,9-11,13,15-18H2,2-5,7-8H3. The number of nitrogens with one attached hydrogen (secondary N) is 2. The second-order valence-corrected chi connectivity index (χ2v) is 12.3. The Labute approximate surface area is 223 Å². The summed E-state index contributed by atoms with van der Waals surface area (Å²) in [4.78, 5) is 3.99. The van der Waals surface area contributed by atoms with Gasteiger partial charge in [-0.25, -0.2) is 0 Å². The molecule has 4 heteroatoms. The van der Waals surface area contributed by atoms with Crippen LogP contribution >= 0.6 is 11.3 Å². The van der Waals surface area contributed by atoms with Crippen LogP contribution in [0.2, 0.25) is 0 Å². The molecule has 0 saturated carbocycles. The highest BCUT2D eigenvalue weighted by Crippen LogP contribution is 2.43. The third-order valence-corrected chi connectivity index (χ3v) is 9.23. The Morgan fingerprint density at radius 2 is 1.86 bits per heavy atom. The van der Waals surface area contributed by atoms with E-state index >= 15 is 0 Å². The van der Waals surface area contributed by atoms with Crippen LogP contribution in [0.1, 0.15) is 81.7 Å². The van der Waals surface area contributed by atoms with Gasteiger partial charge in [-0.1, -0.05) is 36.8 Å². The summed E-state index contributed by atoms with van der Waals surface area (Å²) in [5.74, 6) is 0.442. The molecule has 1 aliphatic heterocycles. The molecular formula is C32H45N3S. The van der Waals surface area contributed by atoms with Crippen molar-refractivity contribution in [2.24, 2.45) is 5.92 Å². The average molecular weight is 504 g/mol. The number of rotatable bonds is 9. The van der Waals surface area contributed by atoms with Crippen LogP contribution in [0.15, 0.2) is 65.1 Å². The van der Waals surface area contributed by atoms with Gasteiger partial charge in [0.2, 0.25) is 0 Å². The molecule has 2 aliphatic carbocycles. The van der Waals surface area contributed by atoms with Crippen LogP contribution in [0.3, 0.4) is 0 Å². The van der Waals surface area contributed by atoms with Crippen LogP contribution in [0, 0.1) is 19.8 Å². The fraction of sp³-hybridized carbons (Fsp3) is 0.500. The highest BCUT2D eigenvalue weighted by molar-refractivity contribution is 7.16. The molecule has 0 saturated heterocycles. The van der Waals surface area contributed by atoms with Crippen LogP contribution in [0.4, 0.5) is 5.00 Å². The van der Waals surface area contributed by atoms with E-state index < -0.39 is 0 Å². The van der Waals surface area contributed by atoms with E-state index in [1.165, 1.54) is 74.7 Å². The van der Waals surface area contributed by atoms with Gasteiger partial charge in [0.1, 0.15) is 0 Å². The van der Waals surface area contributed by atoms with Crippen molar-refractivity contribution >= 4 is 21.9 Å². The van der Waals surface area contributed by atoms with Crippen molar-refractivity contribution in [2.75, 3.05) is 18.9 Å². The lowest BCUT2D eigenvalue weighted by Crippen LogP contribution is -2.39. The summed E-state index contributed by atoms with van der Waals surface area (Å²) >= 11 is 1.85. The number of aryl methyl sites for hydroxylation is 1. The molecule has 2 atom stereocenters. The molecule has 194 valence electrons. The minimum atomic E-state index is 0.187. The SMILES string of the molecule is C=C(C)CC(C)C(NC)Nc1sc(C)c(C)c1C(=C)C1=CC=C(N2CCCC3=C2CCC(C)=C3)CC1. The Kier molecular flexibility index (Phi) is 8.47. The second kappa shape index (κ2) is 11.4. The Balaban J connectivity index is 1.56. The summed E-state index contributed by atoms with van der Waals surface area (Å²) in [6, 6.07) is 0. The van der Waals surface area contributed by atoms with Gasteiger partial charge in [0.15, 0.2) is 0 Å². The monoisotopic (exact) mass is 503 g/mol. The fourth-order valence-corrected chi connectivity index (χ4v) is 7.12. The molecule has 3 aliphatic rings. The van der Waals surface area contributed by atoms with E-state index in [4.69, 9.17) is 0 Å². The minimum absolute atomic E-state index is 0.187. The predicted octanol–water partition coefficient (Wildman–Crippen LogP) is 8.63. The first-order valence-electron chi connectivity index (χ1n) is 13.6. The highest BCUT2D eigenvalue weighted by Gasteiger charge is 2.27. The third kappa shape index (κ3) is 5.65. The van der Waals surface area contributed by atoms with E-state index in [1.807, 2.05) is 18.4 Å². The maximum atomic E-state index is 4.63. The molecule has 2 N–H and O–H groups in total. The van der Waals surface area contributed by atoms with Gasteiger partial charge in [-0.3, -0.25) is 0 Å². The van der Waals surface area contributed by atoms with Gasteiger partial charge in [-0.15, -0.1) is 17.9 Å². The van der Waals surface area contributed by atoms with Crippen LogP contribution in [0.25, 0.3) is 5.57 Å². The van der Waals surface area contributed by atoms with Crippen LogP contribution in [-0.4, -0.2) is 24.7 Å². The number of thiophene rings is 1. The van der Waals surface area contributed by atoms with E-state index in [2.05, 4.69) is 81.5 Å². The van der Waals surface area contributed by atoms with Crippen LogP contribution in [0.5, 0.6) is 0 Å². The van der Waals surface area contributed by atoms with Gasteiger partial charge < -0.3 is 15.5 Å². The molecule has 1 aromatic rings. The number of allylic oxidation sites excluding steroid dienone is 10. The Morgan fingerprint density at radius 1 is 1.08 bits per heavy atom. The maximum Gasteiger partial charge on any atom is 0.0979 e. The first-order chi connectivity index (χ1) is 17.2. The van der Waals surface area contributed by atoms with Crippen molar-refractivity contribution in [3.05, 3.63) is 81.1 Å². The Bertz CT molecular complexity index is 1160. The summed E-state index contributed by atoms with van der Waals surface area (Å²) < 4.78 is 0. The first-order valence-corrected chi connectivity index (χ1v) is 14.5. The lowest BCUT2D eigenvalue weighted by atomic mass is 9.88. The average Bonchev–Trinajstić information content (AvgIpc) is 3.13. The van der Waals surface area contributed by atoms with Gasteiger partial charge >= 0.3 is 0 Å². The summed E-state index contributed by atoms with van der Waals surface area (Å²) in [6.45, 7) is 21.0. The van der Waals surface area contributed by atoms with Crippen molar-refractivity contribution in [3.63, 3.8) is 0 Å². The third-order valence-electron chi connectivity index (χ3n) is 8.09. The Morgan fingerprint density at radius 3 is 2.53 bits per heavy atom. The van der Waals surface area contributed by atoms with Crippen molar-refractivity contribution in [3.8, 4) is 0 Å². The molecular weight excluding hydrogens is 458 g/mol. The van der Waals surface area contributed by atoms with E-state index in [9.17, 15) is 0 Å². The fourth-order valence-electron chi connectivity index (χ4n) is 6.00. The molecule has 4 rings (SSSR count). The smallest absolute Gasteiger partial charge is 0.0979 e. The van der Waals surface area contributed by atoms with Crippen LogP contribution in [-0.2, 0) is 0 Å². The molecule has 0 bridgehead atoms. The minimum Gasteiger partial charge on any atom is -0.361 e. The van der Waals surface area contributed by atoms with Gasteiger partial charge in [-0.05, 0) is 114 Å². The zero-order chi connectivity index (χ0) is 26.0. The number of anilines is 1. The molecule has 0 spiro atoms. The summed E-state index contributed by atoms with van der Waals surface area (Å²) in [5.41, 5.74) is 12.6. The number of nitrogens with zero attached hydrogens (tertiary/aromatic N) is 1. The lowest BCUT2D eigenvalue weighted by Gasteiger charge is -2.38. The molecule has 2 heterocycles. The molecule has 0 aromatic carbocycles. The predicted molar refractivity (Wildman–Crippen MR) is 159 cm³/mol. The van der Waals surface area contributed by atoms with E-state index in [0.717, 1.165) is 25.8 Å². The molecule has 0 fully saturated rings. The molecule has 1 aromatic heterocycles. The van der Waals surface area contributed by atoms with Crippen molar-refractivity contribution in [2.45, 2.75) is 85.7 Å². The lowest BCUT2D eigenvalue weighted by molar-refractivity contribution is 0.358. The van der Waals surface area contributed by atoms with Gasteiger partial charge in [0.05, 0.1) is 11.2 Å². The number of hydrogen-bond donors (Lipinski definition) is 2. The summed E-state index contributed by atoms with van der Waals surface area (Å²) in [6.07, 6.45) is 15.4. The molecule has 0 radical (unpaired) electrons. The molecule has 2 unspecified atom stereocenters. The van der Waals surface area contributed by atoms with Crippen molar-refractivity contribution in [1.82, 2.24) is 10.2 Å². The summed E-state index contributed by atoms with van der Waals surface area (Å²) in [5, 5.41) is 8.54. The normalized spacial score (nSPS) is 19.7. The van der Waals surface area contributed by atoms with E-state index in [0.29, 0.717) is 5.92 Å². The second-order valence-electron chi connectivity index (χ2n) is 11.1.